The standard InChI is InChI=1S/C14H30N2/c1-7-15-13-12(16(6)11(2)3)9-8-10-14(13,4)5/h11-13,15H,7-10H2,1-6H3. The van der Waals surface area contributed by atoms with Crippen LogP contribution in [0.25, 0.3) is 0 Å². The van der Waals surface area contributed by atoms with Gasteiger partial charge in [-0.2, -0.15) is 0 Å². The quantitative estimate of drug-likeness (QED) is 0.793. The van der Waals surface area contributed by atoms with Crippen molar-refractivity contribution in [2.45, 2.75) is 72.0 Å². The van der Waals surface area contributed by atoms with Crippen molar-refractivity contribution in [3.05, 3.63) is 0 Å². The van der Waals surface area contributed by atoms with Crippen LogP contribution in [0.4, 0.5) is 0 Å². The molecule has 1 saturated carbocycles. The smallest absolute Gasteiger partial charge is 0.0274 e. The van der Waals surface area contributed by atoms with Crippen molar-refractivity contribution in [3.8, 4) is 0 Å². The Balaban J connectivity index is 2.79. The van der Waals surface area contributed by atoms with Crippen molar-refractivity contribution >= 4 is 0 Å². The molecule has 1 fully saturated rings. The van der Waals surface area contributed by atoms with Crippen molar-refractivity contribution in [2.75, 3.05) is 13.6 Å². The van der Waals surface area contributed by atoms with Crippen LogP contribution in [0.2, 0.25) is 0 Å². The molecule has 0 aromatic heterocycles. The normalized spacial score (nSPS) is 30.0. The summed E-state index contributed by atoms with van der Waals surface area (Å²) in [7, 11) is 2.28. The SMILES string of the molecule is CCNC1C(N(C)C(C)C)CCCC1(C)C. The van der Waals surface area contributed by atoms with Crippen LogP contribution in [0.3, 0.4) is 0 Å². The van der Waals surface area contributed by atoms with Gasteiger partial charge in [0.15, 0.2) is 0 Å². The molecule has 0 heterocycles. The van der Waals surface area contributed by atoms with Crippen LogP contribution in [-0.2, 0) is 0 Å². The van der Waals surface area contributed by atoms with E-state index in [1.807, 2.05) is 0 Å². The molecule has 1 rings (SSSR count). The maximum Gasteiger partial charge on any atom is 0.0274 e. The second-order valence-electron chi connectivity index (χ2n) is 6.24. The number of likely N-dealkylation sites (N-methyl/N-ethyl adjacent to an activating group) is 2. The molecule has 1 aliphatic rings. The predicted octanol–water partition coefficient (Wildman–Crippen LogP) is 2.88. The first kappa shape index (κ1) is 14.0. The second kappa shape index (κ2) is 5.50. The predicted molar refractivity (Wildman–Crippen MR) is 71.8 cm³/mol. The van der Waals surface area contributed by atoms with Gasteiger partial charge in [-0.1, -0.05) is 27.2 Å². The molecule has 0 radical (unpaired) electrons. The Labute approximate surface area is 102 Å². The Hall–Kier alpha value is -0.0800. The maximum atomic E-state index is 3.72. The van der Waals surface area contributed by atoms with Crippen molar-refractivity contribution < 1.29 is 0 Å². The minimum Gasteiger partial charge on any atom is -0.312 e. The lowest BCUT2D eigenvalue weighted by molar-refractivity contribution is 0.0483. The molecule has 2 unspecified atom stereocenters. The fourth-order valence-electron chi connectivity index (χ4n) is 3.06. The molecule has 2 atom stereocenters. The molecule has 0 spiro atoms. The van der Waals surface area contributed by atoms with Crippen LogP contribution < -0.4 is 5.32 Å². The summed E-state index contributed by atoms with van der Waals surface area (Å²) >= 11 is 0. The van der Waals surface area contributed by atoms with Gasteiger partial charge in [0.05, 0.1) is 0 Å². The number of rotatable bonds is 4. The average molecular weight is 226 g/mol. The summed E-state index contributed by atoms with van der Waals surface area (Å²) < 4.78 is 0. The molecular weight excluding hydrogens is 196 g/mol. The first-order valence-corrected chi connectivity index (χ1v) is 6.85. The summed E-state index contributed by atoms with van der Waals surface area (Å²) in [5.41, 5.74) is 0.433. The number of nitrogens with zero attached hydrogens (tertiary/aromatic N) is 1. The molecular formula is C14H30N2. The third-order valence-corrected chi connectivity index (χ3v) is 4.31. The van der Waals surface area contributed by atoms with E-state index in [2.05, 4.69) is 51.9 Å². The molecule has 1 aliphatic carbocycles. The molecule has 0 aromatic rings. The van der Waals surface area contributed by atoms with Crippen molar-refractivity contribution in [1.29, 1.82) is 0 Å². The van der Waals surface area contributed by atoms with E-state index in [4.69, 9.17) is 0 Å². The lowest BCUT2D eigenvalue weighted by atomic mass is 9.70. The van der Waals surface area contributed by atoms with Gasteiger partial charge in [0, 0.05) is 18.1 Å². The van der Waals surface area contributed by atoms with Crippen LogP contribution in [0.1, 0.15) is 53.9 Å². The molecule has 1 N–H and O–H groups in total. The van der Waals surface area contributed by atoms with E-state index in [1.54, 1.807) is 0 Å². The summed E-state index contributed by atoms with van der Waals surface area (Å²) in [5, 5.41) is 3.72. The van der Waals surface area contributed by atoms with Crippen LogP contribution in [0.15, 0.2) is 0 Å². The largest absolute Gasteiger partial charge is 0.312 e. The zero-order valence-electron chi connectivity index (χ0n) is 12.0. The molecule has 0 saturated heterocycles. The molecule has 2 nitrogen and oxygen atoms in total. The van der Waals surface area contributed by atoms with Crippen LogP contribution >= 0.6 is 0 Å². The third kappa shape index (κ3) is 2.98. The van der Waals surface area contributed by atoms with Gasteiger partial charge in [0.2, 0.25) is 0 Å². The molecule has 0 aromatic carbocycles. The van der Waals surface area contributed by atoms with E-state index in [-0.39, 0.29) is 0 Å². The molecule has 2 heteroatoms. The van der Waals surface area contributed by atoms with Gasteiger partial charge in [-0.25, -0.2) is 0 Å². The summed E-state index contributed by atoms with van der Waals surface area (Å²) in [4.78, 5) is 2.55. The van der Waals surface area contributed by atoms with Crippen LogP contribution in [0, 0.1) is 5.41 Å². The third-order valence-electron chi connectivity index (χ3n) is 4.31. The summed E-state index contributed by atoms with van der Waals surface area (Å²) in [6, 6.07) is 1.97. The highest BCUT2D eigenvalue weighted by Gasteiger charge is 2.40. The summed E-state index contributed by atoms with van der Waals surface area (Å²) in [6.45, 7) is 12.7. The minimum absolute atomic E-state index is 0.433. The Kier molecular flexibility index (Phi) is 4.81. The van der Waals surface area contributed by atoms with E-state index < -0.39 is 0 Å². The Morgan fingerprint density at radius 3 is 2.50 bits per heavy atom. The number of hydrogen-bond donors (Lipinski definition) is 1. The molecule has 0 bridgehead atoms. The lowest BCUT2D eigenvalue weighted by Crippen LogP contribution is -2.59. The molecule has 96 valence electrons. The first-order valence-electron chi connectivity index (χ1n) is 6.85. The topological polar surface area (TPSA) is 15.3 Å². The van der Waals surface area contributed by atoms with Gasteiger partial charge in [0.25, 0.3) is 0 Å². The monoisotopic (exact) mass is 226 g/mol. The van der Waals surface area contributed by atoms with Gasteiger partial charge >= 0.3 is 0 Å². The average Bonchev–Trinajstić information content (AvgIpc) is 2.19. The van der Waals surface area contributed by atoms with E-state index in [9.17, 15) is 0 Å². The highest BCUT2D eigenvalue weighted by atomic mass is 15.2. The molecule has 0 aliphatic heterocycles. The zero-order valence-corrected chi connectivity index (χ0v) is 12.0. The van der Waals surface area contributed by atoms with E-state index in [1.165, 1.54) is 19.3 Å². The fourth-order valence-corrected chi connectivity index (χ4v) is 3.06. The van der Waals surface area contributed by atoms with E-state index >= 15 is 0 Å². The van der Waals surface area contributed by atoms with Gasteiger partial charge in [-0.15, -0.1) is 0 Å². The van der Waals surface area contributed by atoms with Crippen LogP contribution in [-0.4, -0.2) is 36.6 Å². The highest BCUT2D eigenvalue weighted by Crippen LogP contribution is 2.37. The minimum atomic E-state index is 0.433. The van der Waals surface area contributed by atoms with Crippen molar-refractivity contribution in [1.82, 2.24) is 10.2 Å². The maximum absolute atomic E-state index is 3.72. The Morgan fingerprint density at radius 2 is 2.00 bits per heavy atom. The van der Waals surface area contributed by atoms with E-state index in [0.717, 1.165) is 6.54 Å². The highest BCUT2D eigenvalue weighted by molar-refractivity contribution is 4.97. The van der Waals surface area contributed by atoms with Crippen molar-refractivity contribution in [2.24, 2.45) is 5.41 Å². The Morgan fingerprint density at radius 1 is 1.38 bits per heavy atom. The Bertz CT molecular complexity index is 211. The van der Waals surface area contributed by atoms with Gasteiger partial charge in [0.1, 0.15) is 0 Å². The second-order valence-corrected chi connectivity index (χ2v) is 6.24. The van der Waals surface area contributed by atoms with Gasteiger partial charge < -0.3 is 5.32 Å². The molecule has 16 heavy (non-hydrogen) atoms. The fraction of sp³-hybridized carbons (Fsp3) is 1.00. The summed E-state index contributed by atoms with van der Waals surface area (Å²) in [6.07, 6.45) is 4.07. The van der Waals surface area contributed by atoms with Gasteiger partial charge in [-0.3, -0.25) is 4.90 Å². The van der Waals surface area contributed by atoms with E-state index in [0.29, 0.717) is 23.5 Å². The lowest BCUT2D eigenvalue weighted by Gasteiger charge is -2.49. The first-order chi connectivity index (χ1) is 7.40. The van der Waals surface area contributed by atoms with Crippen LogP contribution in [0.5, 0.6) is 0 Å². The zero-order chi connectivity index (χ0) is 12.3. The van der Waals surface area contributed by atoms with Crippen molar-refractivity contribution in [3.63, 3.8) is 0 Å². The van der Waals surface area contributed by atoms with Gasteiger partial charge in [-0.05, 0) is 45.7 Å². The number of hydrogen-bond acceptors (Lipinski definition) is 2. The summed E-state index contributed by atoms with van der Waals surface area (Å²) in [5.74, 6) is 0. The number of nitrogens with one attached hydrogen (secondary N) is 1. The molecule has 0 amide bonds.